The van der Waals surface area contributed by atoms with E-state index in [2.05, 4.69) is 0 Å². The molecule has 0 atom stereocenters. The maximum absolute atomic E-state index is 12.0. The summed E-state index contributed by atoms with van der Waals surface area (Å²) < 4.78 is 72.2. The van der Waals surface area contributed by atoms with Gasteiger partial charge in [0.05, 0.1) is 11.1 Å². The maximum atomic E-state index is 12.0. The van der Waals surface area contributed by atoms with Crippen LogP contribution in [0.15, 0.2) is 18.2 Å². The zero-order chi connectivity index (χ0) is 11.9. The Morgan fingerprint density at radius 1 is 0.750 bits per heavy atom. The fourth-order valence-electron chi connectivity index (χ4n) is 0.926. The summed E-state index contributed by atoms with van der Waals surface area (Å²) in [5, 5.41) is 10.6. The molecule has 1 nitrogen and oxygen atoms in total. The Hall–Kier alpha value is -0.400. The molecule has 0 N–H and O–H groups in total. The number of rotatable bonds is 0. The van der Waals surface area contributed by atoms with Crippen molar-refractivity contribution in [1.82, 2.24) is 0 Å². The van der Waals surface area contributed by atoms with Crippen molar-refractivity contribution in [2.75, 3.05) is 0 Å². The number of halogens is 6. The predicted molar refractivity (Wildman–Crippen MR) is 35.9 cm³/mol. The molecule has 0 radical (unpaired) electrons. The van der Waals surface area contributed by atoms with Gasteiger partial charge in [-0.25, -0.2) is 0 Å². The van der Waals surface area contributed by atoms with Crippen LogP contribution in [0, 0.1) is 0 Å². The van der Waals surface area contributed by atoms with E-state index in [9.17, 15) is 31.4 Å². The Kier molecular flexibility index (Phi) is 4.73. The van der Waals surface area contributed by atoms with Gasteiger partial charge in [-0.1, -0.05) is 12.1 Å². The summed E-state index contributed by atoms with van der Waals surface area (Å²) in [6, 6.07) is 0.145. The van der Waals surface area contributed by atoms with Gasteiger partial charge in [0.2, 0.25) is 0 Å². The standard InChI is InChI=1S/C8H4F6O.Na/c9-7(10,11)4-1-5(8(12,13)14)3-6(15)2-4;/h1-3,15H;/q;+1/p-1. The second-order valence-electron chi connectivity index (χ2n) is 2.74. The van der Waals surface area contributed by atoms with Crippen LogP contribution in [0.3, 0.4) is 0 Å². The van der Waals surface area contributed by atoms with Gasteiger partial charge in [0.25, 0.3) is 0 Å². The molecule has 1 aromatic rings. The molecule has 0 aliphatic carbocycles. The number of benzene rings is 1. The molecular formula is C8H3F6NaO. The van der Waals surface area contributed by atoms with Gasteiger partial charge >= 0.3 is 41.9 Å². The molecule has 0 heterocycles. The molecule has 0 spiro atoms. The molecule has 0 bridgehead atoms. The van der Waals surface area contributed by atoms with Gasteiger partial charge in [-0.3, -0.25) is 0 Å². The second kappa shape index (κ2) is 4.85. The fraction of sp³-hybridized carbons (Fsp3) is 0.250. The third kappa shape index (κ3) is 3.88. The van der Waals surface area contributed by atoms with Crippen LogP contribution in [-0.2, 0) is 12.4 Å². The number of hydrogen-bond donors (Lipinski definition) is 0. The Morgan fingerprint density at radius 3 is 1.31 bits per heavy atom. The van der Waals surface area contributed by atoms with Crippen molar-refractivity contribution in [2.45, 2.75) is 12.4 Å². The third-order valence-electron chi connectivity index (χ3n) is 1.56. The van der Waals surface area contributed by atoms with Crippen LogP contribution >= 0.6 is 0 Å². The fourth-order valence-corrected chi connectivity index (χ4v) is 0.926. The molecule has 0 amide bonds. The summed E-state index contributed by atoms with van der Waals surface area (Å²) in [5.74, 6) is -1.32. The van der Waals surface area contributed by atoms with E-state index in [0.717, 1.165) is 0 Å². The van der Waals surface area contributed by atoms with Crippen LogP contribution in [0.5, 0.6) is 5.75 Å². The zero-order valence-electron chi connectivity index (χ0n) is 7.91. The maximum Gasteiger partial charge on any atom is 1.00 e. The summed E-state index contributed by atoms with van der Waals surface area (Å²) in [4.78, 5) is 0. The van der Waals surface area contributed by atoms with Crippen LogP contribution < -0.4 is 34.7 Å². The molecule has 0 aliphatic heterocycles. The van der Waals surface area contributed by atoms with Crippen molar-refractivity contribution in [1.29, 1.82) is 0 Å². The first kappa shape index (κ1) is 15.6. The molecule has 0 aromatic heterocycles. The van der Waals surface area contributed by atoms with Crippen LogP contribution in [-0.4, -0.2) is 0 Å². The summed E-state index contributed by atoms with van der Waals surface area (Å²) in [6.45, 7) is 0. The van der Waals surface area contributed by atoms with Crippen molar-refractivity contribution in [3.8, 4) is 5.75 Å². The van der Waals surface area contributed by atoms with Gasteiger partial charge in [0.1, 0.15) is 0 Å². The first-order valence-electron chi connectivity index (χ1n) is 3.57. The van der Waals surface area contributed by atoms with Crippen molar-refractivity contribution in [3.63, 3.8) is 0 Å². The van der Waals surface area contributed by atoms with Crippen molar-refractivity contribution in [3.05, 3.63) is 29.3 Å². The summed E-state index contributed by atoms with van der Waals surface area (Å²) in [6.07, 6.45) is -9.92. The molecule has 0 saturated carbocycles. The van der Waals surface area contributed by atoms with Crippen molar-refractivity contribution in [2.24, 2.45) is 0 Å². The average molecular weight is 252 g/mol. The molecule has 0 fully saturated rings. The molecule has 1 aromatic carbocycles. The van der Waals surface area contributed by atoms with Gasteiger partial charge in [-0.2, -0.15) is 26.3 Å². The van der Waals surface area contributed by atoms with Gasteiger partial charge in [0, 0.05) is 0 Å². The summed E-state index contributed by atoms with van der Waals surface area (Å²) in [7, 11) is 0. The SMILES string of the molecule is [Na+].[O-]c1cc(C(F)(F)F)cc(C(F)(F)F)c1. The van der Waals surface area contributed by atoms with Crippen molar-refractivity contribution < 1.29 is 61.0 Å². The van der Waals surface area contributed by atoms with E-state index in [1.165, 1.54) is 0 Å². The molecule has 84 valence electrons. The van der Waals surface area contributed by atoms with Gasteiger partial charge in [-0.05, 0) is 6.07 Å². The molecule has 16 heavy (non-hydrogen) atoms. The zero-order valence-corrected chi connectivity index (χ0v) is 9.91. The van der Waals surface area contributed by atoms with E-state index < -0.39 is 29.2 Å². The third-order valence-corrected chi connectivity index (χ3v) is 1.56. The predicted octanol–water partition coefficient (Wildman–Crippen LogP) is -0.198. The van der Waals surface area contributed by atoms with Gasteiger partial charge < -0.3 is 5.11 Å². The van der Waals surface area contributed by atoms with Crippen LogP contribution in [0.4, 0.5) is 26.3 Å². The average Bonchev–Trinajstić information content (AvgIpc) is 1.99. The van der Waals surface area contributed by atoms with E-state index in [4.69, 9.17) is 0 Å². The van der Waals surface area contributed by atoms with E-state index in [-0.39, 0.29) is 47.8 Å². The molecule has 0 saturated heterocycles. The Labute approximate surface area is 108 Å². The smallest absolute Gasteiger partial charge is 0.872 e. The van der Waals surface area contributed by atoms with Crippen LogP contribution in [0.1, 0.15) is 11.1 Å². The van der Waals surface area contributed by atoms with E-state index in [1.54, 1.807) is 0 Å². The normalized spacial score (nSPS) is 12.1. The number of hydrogen-bond acceptors (Lipinski definition) is 1. The Balaban J connectivity index is 0.00000225. The van der Waals surface area contributed by atoms with Crippen molar-refractivity contribution >= 4 is 0 Å². The quantitative estimate of drug-likeness (QED) is 0.463. The minimum Gasteiger partial charge on any atom is -0.872 e. The van der Waals surface area contributed by atoms with Gasteiger partial charge in [0.15, 0.2) is 0 Å². The molecular weight excluding hydrogens is 249 g/mol. The van der Waals surface area contributed by atoms with Gasteiger partial charge in [-0.15, -0.1) is 5.75 Å². The summed E-state index contributed by atoms with van der Waals surface area (Å²) >= 11 is 0. The minimum atomic E-state index is -4.96. The van der Waals surface area contributed by atoms with Crippen LogP contribution in [0.25, 0.3) is 0 Å². The Bertz CT molecular complexity index is 338. The summed E-state index contributed by atoms with van der Waals surface area (Å²) in [5.41, 5.74) is -3.19. The molecule has 0 unspecified atom stereocenters. The first-order valence-corrected chi connectivity index (χ1v) is 3.57. The molecule has 0 aliphatic rings. The number of alkyl halides is 6. The van der Waals surface area contributed by atoms with E-state index in [1.807, 2.05) is 0 Å². The molecule has 8 heteroatoms. The molecule has 1 rings (SSSR count). The van der Waals surface area contributed by atoms with E-state index in [0.29, 0.717) is 0 Å². The Morgan fingerprint density at radius 2 is 1.06 bits per heavy atom. The monoisotopic (exact) mass is 252 g/mol. The first-order chi connectivity index (χ1) is 6.60. The van der Waals surface area contributed by atoms with E-state index >= 15 is 0 Å². The van der Waals surface area contributed by atoms with Crippen LogP contribution in [0.2, 0.25) is 0 Å². The minimum absolute atomic E-state index is 0. The second-order valence-corrected chi connectivity index (χ2v) is 2.74. The largest absolute Gasteiger partial charge is 1.00 e. The topological polar surface area (TPSA) is 23.1 Å².